The summed E-state index contributed by atoms with van der Waals surface area (Å²) in [6, 6.07) is 0. The largest absolute Gasteiger partial charge is 0.218 e. The maximum absolute atomic E-state index is 9.56. The average molecular weight is 130 g/mol. The minimum atomic E-state index is -0.978. The Kier molecular flexibility index (Phi) is 1.26. The molecule has 9 heavy (non-hydrogen) atoms. The molecular formula is C2H2N4O3. The molecule has 1 aromatic rings. The summed E-state index contributed by atoms with van der Waals surface area (Å²) >= 11 is 0. The smallest absolute Gasteiger partial charge is 0.171 e. The van der Waals surface area contributed by atoms with Gasteiger partial charge in [-0.15, -0.1) is 5.10 Å². The minimum Gasteiger partial charge on any atom is -0.218 e. The van der Waals surface area contributed by atoms with Crippen molar-refractivity contribution in [1.29, 1.82) is 0 Å². The second-order valence-corrected chi connectivity index (χ2v) is 1.11. The topological polar surface area (TPSA) is 83.1 Å². The van der Waals surface area contributed by atoms with Crippen molar-refractivity contribution in [3.63, 3.8) is 0 Å². The van der Waals surface area contributed by atoms with Crippen molar-refractivity contribution in [1.82, 2.24) is 15.2 Å². The van der Waals surface area contributed by atoms with E-state index in [4.69, 9.17) is 0 Å². The van der Waals surface area contributed by atoms with Crippen LogP contribution in [0.5, 0.6) is 0 Å². The summed E-state index contributed by atoms with van der Waals surface area (Å²) < 4.78 is 0. The lowest BCUT2D eigenvalue weighted by Crippen LogP contribution is -2.18. The van der Waals surface area contributed by atoms with Crippen LogP contribution in [0, 0.1) is 10.1 Å². The molecule has 0 spiro atoms. The van der Waals surface area contributed by atoms with E-state index in [9.17, 15) is 10.1 Å². The summed E-state index contributed by atoms with van der Waals surface area (Å²) in [6.45, 7) is 0. The molecule has 7 nitrogen and oxygen atoms in total. The van der Waals surface area contributed by atoms with Crippen molar-refractivity contribution in [3.8, 4) is 0 Å². The summed E-state index contributed by atoms with van der Waals surface area (Å²) in [6.07, 6.45) is 2.48. The molecule has 0 bridgehead atoms. The fraction of sp³-hybridized carbons (Fsp3) is 0. The fourth-order valence-electron chi connectivity index (χ4n) is 0.309. The number of hydrogen-bond donors (Lipinski definition) is 0. The molecule has 1 aromatic heterocycles. The average Bonchev–Trinajstić information content (AvgIpc) is 2.15. The van der Waals surface area contributed by atoms with Gasteiger partial charge in [0.25, 0.3) is 0 Å². The molecule has 1 rings (SSSR count). The second kappa shape index (κ2) is 2.07. The predicted octanol–water partition coefficient (Wildman–Crippen LogP) is -1.10. The standard InChI is InChI=1S/C2H2N4O3/c7-6(8)9-5-2-1-3-4-5/h1-2H. The molecule has 0 aliphatic rings. The van der Waals surface area contributed by atoms with Crippen LogP contribution in [0.3, 0.4) is 0 Å². The predicted molar refractivity (Wildman–Crippen MR) is 23.6 cm³/mol. The van der Waals surface area contributed by atoms with Gasteiger partial charge in [0.2, 0.25) is 0 Å². The van der Waals surface area contributed by atoms with Crippen molar-refractivity contribution in [2.45, 2.75) is 0 Å². The van der Waals surface area contributed by atoms with Gasteiger partial charge in [0.1, 0.15) is 0 Å². The number of aromatic nitrogens is 3. The van der Waals surface area contributed by atoms with Gasteiger partial charge in [-0.1, -0.05) is 0 Å². The Bertz CT molecular complexity index is 194. The highest BCUT2D eigenvalue weighted by Gasteiger charge is 1.95. The molecule has 0 atom stereocenters. The van der Waals surface area contributed by atoms with Gasteiger partial charge in [-0.2, -0.15) is 4.94 Å². The SMILES string of the molecule is O=[N+]([O-])On1ccnn1. The number of rotatable bonds is 2. The molecule has 0 radical (unpaired) electrons. The van der Waals surface area contributed by atoms with Gasteiger partial charge in [-0.05, 0) is 0 Å². The van der Waals surface area contributed by atoms with Gasteiger partial charge >= 0.3 is 0 Å². The lowest BCUT2D eigenvalue weighted by Gasteiger charge is -1.89. The first-order valence-corrected chi connectivity index (χ1v) is 1.98. The Morgan fingerprint density at radius 2 is 2.56 bits per heavy atom. The third-order valence-electron chi connectivity index (χ3n) is 0.551. The van der Waals surface area contributed by atoms with E-state index in [-0.39, 0.29) is 0 Å². The van der Waals surface area contributed by atoms with Crippen LogP contribution < -0.4 is 4.94 Å². The normalized spacial score (nSPS) is 8.89. The molecule has 0 unspecified atom stereocenters. The third-order valence-corrected chi connectivity index (χ3v) is 0.551. The first kappa shape index (κ1) is 5.48. The van der Waals surface area contributed by atoms with Crippen LogP contribution in [-0.4, -0.2) is 20.2 Å². The highest BCUT2D eigenvalue weighted by molar-refractivity contribution is 4.58. The van der Waals surface area contributed by atoms with Crippen LogP contribution in [-0.2, 0) is 0 Å². The molecule has 0 fully saturated rings. The van der Waals surface area contributed by atoms with Crippen molar-refractivity contribution in [2.75, 3.05) is 0 Å². The zero-order chi connectivity index (χ0) is 6.69. The van der Waals surface area contributed by atoms with Gasteiger partial charge in [-0.25, -0.2) is 10.1 Å². The molecule has 1 heterocycles. The lowest BCUT2D eigenvalue weighted by molar-refractivity contribution is -0.752. The molecular weight excluding hydrogens is 128 g/mol. The van der Waals surface area contributed by atoms with Gasteiger partial charge in [0.05, 0.1) is 11.4 Å². The molecule has 0 aliphatic carbocycles. The second-order valence-electron chi connectivity index (χ2n) is 1.11. The van der Waals surface area contributed by atoms with E-state index in [0.29, 0.717) is 4.85 Å². The van der Waals surface area contributed by atoms with Crippen molar-refractivity contribution in [3.05, 3.63) is 22.5 Å². The molecule has 0 aliphatic heterocycles. The van der Waals surface area contributed by atoms with Gasteiger partial charge in [0.15, 0.2) is 11.3 Å². The highest BCUT2D eigenvalue weighted by Crippen LogP contribution is 1.73. The maximum atomic E-state index is 9.56. The molecule has 0 amide bonds. The van der Waals surface area contributed by atoms with Gasteiger partial charge < -0.3 is 0 Å². The van der Waals surface area contributed by atoms with Crippen molar-refractivity contribution in [2.24, 2.45) is 0 Å². The Labute approximate surface area is 48.9 Å². The summed E-state index contributed by atoms with van der Waals surface area (Å²) in [5.41, 5.74) is 0. The first-order valence-electron chi connectivity index (χ1n) is 1.98. The first-order chi connectivity index (χ1) is 4.29. The van der Waals surface area contributed by atoms with Crippen LogP contribution in [0.4, 0.5) is 0 Å². The highest BCUT2D eigenvalue weighted by atomic mass is 17.0. The summed E-state index contributed by atoms with van der Waals surface area (Å²) in [5, 5.41) is 15.0. The van der Waals surface area contributed by atoms with Crippen molar-refractivity contribution < 1.29 is 10.0 Å². The van der Waals surface area contributed by atoms with E-state index >= 15 is 0 Å². The molecule has 7 heteroatoms. The summed E-state index contributed by atoms with van der Waals surface area (Å²) in [5.74, 6) is 0. The maximum Gasteiger partial charge on any atom is 0.171 e. The van der Waals surface area contributed by atoms with E-state index in [1.54, 1.807) is 0 Å². The van der Waals surface area contributed by atoms with Gasteiger partial charge in [-0.3, -0.25) is 0 Å². The number of hydrogen-bond acceptors (Lipinski definition) is 5. The molecule has 0 saturated carbocycles. The molecule has 48 valence electrons. The molecule has 0 saturated heterocycles. The zero-order valence-corrected chi connectivity index (χ0v) is 4.17. The Morgan fingerprint density at radius 3 is 3.00 bits per heavy atom. The Balaban J connectivity index is 2.58. The van der Waals surface area contributed by atoms with E-state index in [1.165, 1.54) is 12.4 Å². The quantitative estimate of drug-likeness (QED) is 0.374. The van der Waals surface area contributed by atoms with E-state index in [0.717, 1.165) is 0 Å². The summed E-state index contributed by atoms with van der Waals surface area (Å²) in [7, 11) is 0. The molecule has 0 N–H and O–H groups in total. The fourth-order valence-corrected chi connectivity index (χ4v) is 0.309. The summed E-state index contributed by atoms with van der Waals surface area (Å²) in [4.78, 5) is 14.0. The van der Waals surface area contributed by atoms with Crippen LogP contribution in [0.25, 0.3) is 0 Å². The molecule has 0 aromatic carbocycles. The third kappa shape index (κ3) is 1.37. The Morgan fingerprint density at radius 1 is 1.78 bits per heavy atom. The zero-order valence-electron chi connectivity index (χ0n) is 4.17. The van der Waals surface area contributed by atoms with Crippen LogP contribution >= 0.6 is 0 Å². The number of nitrogens with zero attached hydrogens (tertiary/aromatic N) is 4. The van der Waals surface area contributed by atoms with Crippen LogP contribution in [0.1, 0.15) is 0 Å². The van der Waals surface area contributed by atoms with Gasteiger partial charge in [0, 0.05) is 4.85 Å². The Hall–Kier alpha value is -1.66. The lowest BCUT2D eigenvalue weighted by atomic mass is 11.0. The van der Waals surface area contributed by atoms with E-state index in [2.05, 4.69) is 15.3 Å². The van der Waals surface area contributed by atoms with Crippen LogP contribution in [0.15, 0.2) is 12.4 Å². The van der Waals surface area contributed by atoms with Crippen molar-refractivity contribution >= 4 is 0 Å². The van der Waals surface area contributed by atoms with E-state index < -0.39 is 5.09 Å². The van der Waals surface area contributed by atoms with E-state index in [1.807, 2.05) is 0 Å². The van der Waals surface area contributed by atoms with Crippen LogP contribution in [0.2, 0.25) is 0 Å². The minimum absolute atomic E-state index is 0.639. The monoisotopic (exact) mass is 130 g/mol.